The lowest BCUT2D eigenvalue weighted by Crippen LogP contribution is -2.31. The van der Waals surface area contributed by atoms with Gasteiger partial charge in [-0.1, -0.05) is 13.0 Å². The number of hydrogen-bond acceptors (Lipinski definition) is 2. The van der Waals surface area contributed by atoms with Crippen molar-refractivity contribution in [1.29, 1.82) is 0 Å². The normalized spacial score (nSPS) is 18.3. The van der Waals surface area contributed by atoms with E-state index in [1.54, 1.807) is 0 Å². The summed E-state index contributed by atoms with van der Waals surface area (Å²) < 4.78 is 5.68. The Hall–Kier alpha value is -1.02. The van der Waals surface area contributed by atoms with E-state index in [0.29, 0.717) is 13.0 Å². The quantitative estimate of drug-likeness (QED) is 0.867. The molecule has 2 nitrogen and oxygen atoms in total. The van der Waals surface area contributed by atoms with Crippen LogP contribution >= 0.6 is 0 Å². The number of rotatable bonds is 4. The van der Waals surface area contributed by atoms with Crippen LogP contribution in [-0.2, 0) is 12.8 Å². The molecule has 1 N–H and O–H groups in total. The summed E-state index contributed by atoms with van der Waals surface area (Å²) >= 11 is 0. The minimum Gasteiger partial charge on any atom is -0.491 e. The summed E-state index contributed by atoms with van der Waals surface area (Å²) in [6, 6.07) is 6.33. The Kier molecular flexibility index (Phi) is 3.72. The van der Waals surface area contributed by atoms with Crippen molar-refractivity contribution in [3.8, 4) is 5.75 Å². The van der Waals surface area contributed by atoms with Gasteiger partial charge in [0.05, 0.1) is 5.60 Å². The zero-order chi connectivity index (χ0) is 12.3. The van der Waals surface area contributed by atoms with Crippen LogP contribution in [-0.4, -0.2) is 17.3 Å². The van der Waals surface area contributed by atoms with Crippen molar-refractivity contribution in [2.75, 3.05) is 6.61 Å². The molecule has 1 aliphatic rings. The monoisotopic (exact) mass is 234 g/mol. The lowest BCUT2D eigenvalue weighted by atomic mass is 9.92. The summed E-state index contributed by atoms with van der Waals surface area (Å²) in [5.74, 6) is 0.888. The second kappa shape index (κ2) is 5.09. The maximum absolute atomic E-state index is 9.90. The zero-order valence-corrected chi connectivity index (χ0v) is 10.8. The van der Waals surface area contributed by atoms with Crippen LogP contribution < -0.4 is 4.74 Å². The third-order valence-corrected chi connectivity index (χ3v) is 3.63. The van der Waals surface area contributed by atoms with Gasteiger partial charge >= 0.3 is 0 Å². The Labute approximate surface area is 104 Å². The van der Waals surface area contributed by atoms with Crippen molar-refractivity contribution >= 4 is 0 Å². The van der Waals surface area contributed by atoms with Gasteiger partial charge < -0.3 is 9.84 Å². The molecule has 2 rings (SSSR count). The Morgan fingerprint density at radius 2 is 1.94 bits per heavy atom. The first-order valence-corrected chi connectivity index (χ1v) is 6.58. The Morgan fingerprint density at radius 1 is 1.24 bits per heavy atom. The van der Waals surface area contributed by atoms with E-state index in [9.17, 15) is 5.11 Å². The van der Waals surface area contributed by atoms with E-state index in [1.807, 2.05) is 19.9 Å². The Morgan fingerprint density at radius 3 is 2.65 bits per heavy atom. The first kappa shape index (κ1) is 12.4. The number of aliphatic hydroxyl groups is 1. The molecule has 17 heavy (non-hydrogen) atoms. The maximum atomic E-state index is 9.90. The number of aryl methyl sites for hydroxylation is 2. The molecule has 0 bridgehead atoms. The van der Waals surface area contributed by atoms with Gasteiger partial charge in [0, 0.05) is 0 Å². The summed E-state index contributed by atoms with van der Waals surface area (Å²) in [5.41, 5.74) is 2.16. The van der Waals surface area contributed by atoms with Gasteiger partial charge in [0.25, 0.3) is 0 Å². The molecule has 0 radical (unpaired) electrons. The maximum Gasteiger partial charge on any atom is 0.119 e. The molecule has 2 heteroatoms. The number of fused-ring (bicyclic) bond motifs is 1. The fourth-order valence-electron chi connectivity index (χ4n) is 2.14. The van der Waals surface area contributed by atoms with Gasteiger partial charge in [-0.15, -0.1) is 0 Å². The van der Waals surface area contributed by atoms with Crippen molar-refractivity contribution in [2.24, 2.45) is 0 Å². The molecule has 0 heterocycles. The van der Waals surface area contributed by atoms with Gasteiger partial charge in [-0.2, -0.15) is 0 Å². The van der Waals surface area contributed by atoms with Crippen LogP contribution in [0.1, 0.15) is 44.2 Å². The first-order chi connectivity index (χ1) is 8.11. The standard InChI is InChI=1S/C15H22O2/c1-3-15(2,16)11-17-14-9-8-12-6-4-5-7-13(12)10-14/h8-10,16H,3-7,11H2,1-2H3. The topological polar surface area (TPSA) is 29.5 Å². The number of ether oxygens (including phenoxy) is 1. The van der Waals surface area contributed by atoms with E-state index in [1.165, 1.54) is 30.4 Å². The molecule has 0 saturated heterocycles. The van der Waals surface area contributed by atoms with Gasteiger partial charge in [0.1, 0.15) is 12.4 Å². The molecule has 0 amide bonds. The second-order valence-corrected chi connectivity index (χ2v) is 5.28. The molecule has 0 fully saturated rings. The van der Waals surface area contributed by atoms with Crippen molar-refractivity contribution in [1.82, 2.24) is 0 Å². The van der Waals surface area contributed by atoms with Crippen molar-refractivity contribution in [2.45, 2.75) is 51.6 Å². The van der Waals surface area contributed by atoms with Gasteiger partial charge in [-0.25, -0.2) is 0 Å². The van der Waals surface area contributed by atoms with Crippen molar-refractivity contribution in [3.63, 3.8) is 0 Å². The fourth-order valence-corrected chi connectivity index (χ4v) is 2.14. The molecule has 0 spiro atoms. The SMILES string of the molecule is CCC(C)(O)COc1ccc2c(c1)CCCC2. The van der Waals surface area contributed by atoms with Crippen LogP contribution in [0.4, 0.5) is 0 Å². The molecule has 0 saturated carbocycles. The predicted octanol–water partition coefficient (Wildman–Crippen LogP) is 3.11. The van der Waals surface area contributed by atoms with Gasteiger partial charge in [-0.3, -0.25) is 0 Å². The lowest BCUT2D eigenvalue weighted by molar-refractivity contribution is 0.00844. The average Bonchev–Trinajstić information content (AvgIpc) is 2.36. The minimum atomic E-state index is -0.726. The predicted molar refractivity (Wildman–Crippen MR) is 69.5 cm³/mol. The molecule has 1 aromatic rings. The zero-order valence-electron chi connectivity index (χ0n) is 10.8. The summed E-state index contributed by atoms with van der Waals surface area (Å²) in [4.78, 5) is 0. The number of benzene rings is 1. The van der Waals surface area contributed by atoms with E-state index < -0.39 is 5.60 Å². The van der Waals surface area contributed by atoms with Crippen LogP contribution in [0.5, 0.6) is 5.75 Å². The second-order valence-electron chi connectivity index (χ2n) is 5.28. The Bertz CT molecular complexity index is 383. The van der Waals surface area contributed by atoms with Crippen LogP contribution in [0.3, 0.4) is 0 Å². The highest BCUT2D eigenvalue weighted by atomic mass is 16.5. The van der Waals surface area contributed by atoms with E-state index in [-0.39, 0.29) is 0 Å². The molecular weight excluding hydrogens is 212 g/mol. The van der Waals surface area contributed by atoms with Gasteiger partial charge in [-0.05, 0) is 62.3 Å². The molecule has 1 atom stereocenters. The van der Waals surface area contributed by atoms with E-state index >= 15 is 0 Å². The van der Waals surface area contributed by atoms with Crippen LogP contribution in [0, 0.1) is 0 Å². The van der Waals surface area contributed by atoms with Gasteiger partial charge in [0.2, 0.25) is 0 Å². The first-order valence-electron chi connectivity index (χ1n) is 6.58. The van der Waals surface area contributed by atoms with Crippen LogP contribution in [0.15, 0.2) is 18.2 Å². The highest BCUT2D eigenvalue weighted by Crippen LogP contribution is 2.25. The van der Waals surface area contributed by atoms with E-state index in [2.05, 4.69) is 12.1 Å². The van der Waals surface area contributed by atoms with Crippen LogP contribution in [0.2, 0.25) is 0 Å². The molecular formula is C15H22O2. The highest BCUT2D eigenvalue weighted by Gasteiger charge is 2.18. The molecule has 1 unspecified atom stereocenters. The Balaban J connectivity index is 2.02. The lowest BCUT2D eigenvalue weighted by Gasteiger charge is -2.22. The molecule has 0 aliphatic heterocycles. The summed E-state index contributed by atoms with van der Waals surface area (Å²) in [6.45, 7) is 4.14. The minimum absolute atomic E-state index is 0.363. The van der Waals surface area contributed by atoms with Crippen molar-refractivity contribution in [3.05, 3.63) is 29.3 Å². The summed E-state index contributed by atoms with van der Waals surface area (Å²) in [5, 5.41) is 9.90. The molecule has 1 aliphatic carbocycles. The third-order valence-electron chi connectivity index (χ3n) is 3.63. The largest absolute Gasteiger partial charge is 0.491 e. The van der Waals surface area contributed by atoms with E-state index in [0.717, 1.165) is 12.2 Å². The van der Waals surface area contributed by atoms with Gasteiger partial charge in [0.15, 0.2) is 0 Å². The smallest absolute Gasteiger partial charge is 0.119 e. The third kappa shape index (κ3) is 3.22. The van der Waals surface area contributed by atoms with Crippen LogP contribution in [0.25, 0.3) is 0 Å². The molecule has 0 aromatic heterocycles. The highest BCUT2D eigenvalue weighted by molar-refractivity contribution is 5.37. The summed E-state index contributed by atoms with van der Waals surface area (Å²) in [6.07, 6.45) is 5.65. The summed E-state index contributed by atoms with van der Waals surface area (Å²) in [7, 11) is 0. The average molecular weight is 234 g/mol. The van der Waals surface area contributed by atoms with Crippen molar-refractivity contribution < 1.29 is 9.84 Å². The number of hydrogen-bond donors (Lipinski definition) is 1. The van der Waals surface area contributed by atoms with E-state index in [4.69, 9.17) is 4.74 Å². The molecule has 94 valence electrons. The molecule has 1 aromatic carbocycles. The fraction of sp³-hybridized carbons (Fsp3) is 0.600.